The van der Waals surface area contributed by atoms with Gasteiger partial charge in [-0.25, -0.2) is 4.39 Å². The van der Waals surface area contributed by atoms with Crippen molar-refractivity contribution in [2.75, 3.05) is 0 Å². The minimum atomic E-state index is -0.334. The fourth-order valence-electron chi connectivity index (χ4n) is 1.96. The van der Waals surface area contributed by atoms with Crippen LogP contribution in [-0.4, -0.2) is 6.04 Å². The van der Waals surface area contributed by atoms with Crippen LogP contribution >= 0.6 is 11.6 Å². The van der Waals surface area contributed by atoms with Crippen LogP contribution in [0.4, 0.5) is 4.39 Å². The van der Waals surface area contributed by atoms with Crippen molar-refractivity contribution in [3.8, 4) is 5.75 Å². The van der Waals surface area contributed by atoms with E-state index in [0.29, 0.717) is 10.8 Å². The van der Waals surface area contributed by atoms with Gasteiger partial charge in [0.2, 0.25) is 0 Å². The minimum Gasteiger partial charge on any atom is -0.484 e. The van der Waals surface area contributed by atoms with Crippen molar-refractivity contribution in [1.29, 1.82) is 0 Å². The van der Waals surface area contributed by atoms with Gasteiger partial charge in [0.1, 0.15) is 17.7 Å². The summed E-state index contributed by atoms with van der Waals surface area (Å²) in [6, 6.07) is 13.2. The van der Waals surface area contributed by atoms with Crippen molar-refractivity contribution in [3.63, 3.8) is 0 Å². The van der Waals surface area contributed by atoms with Crippen LogP contribution in [0.5, 0.6) is 5.75 Å². The molecule has 0 aliphatic heterocycles. The molecular formula is C16H17ClFNO. The second-order valence-electron chi connectivity index (χ2n) is 4.62. The predicted octanol–water partition coefficient (Wildman–Crippen LogP) is 4.34. The Balaban J connectivity index is 2.26. The molecule has 2 atom stereocenters. The van der Waals surface area contributed by atoms with E-state index in [1.165, 1.54) is 12.1 Å². The van der Waals surface area contributed by atoms with Crippen molar-refractivity contribution in [3.05, 3.63) is 64.9 Å². The minimum absolute atomic E-state index is 0.181. The summed E-state index contributed by atoms with van der Waals surface area (Å²) in [5.74, 6) is 0.135. The van der Waals surface area contributed by atoms with Gasteiger partial charge in [0.25, 0.3) is 0 Å². The molecule has 0 heterocycles. The standard InChI is InChI=1S/C16H17ClFNO/c1-2-15(19)16(11-6-8-12(17)9-7-11)20-14-5-3-4-13(18)10-14/h3-10,15-16H,2,19H2,1H3. The van der Waals surface area contributed by atoms with Crippen LogP contribution in [-0.2, 0) is 0 Å². The number of nitrogens with two attached hydrogens (primary N) is 1. The molecule has 0 saturated heterocycles. The molecule has 0 aliphatic rings. The van der Waals surface area contributed by atoms with Crippen LogP contribution in [0.1, 0.15) is 25.0 Å². The summed E-state index contributed by atoms with van der Waals surface area (Å²) in [6.45, 7) is 1.99. The Bertz CT molecular complexity index is 559. The van der Waals surface area contributed by atoms with Gasteiger partial charge in [-0.15, -0.1) is 0 Å². The monoisotopic (exact) mass is 293 g/mol. The van der Waals surface area contributed by atoms with E-state index in [0.717, 1.165) is 12.0 Å². The van der Waals surface area contributed by atoms with Crippen molar-refractivity contribution in [2.24, 2.45) is 5.73 Å². The molecule has 0 aliphatic carbocycles. The Hall–Kier alpha value is -1.58. The molecule has 2 nitrogen and oxygen atoms in total. The van der Waals surface area contributed by atoms with Crippen LogP contribution in [0, 0.1) is 5.82 Å². The molecule has 2 aromatic carbocycles. The van der Waals surface area contributed by atoms with Gasteiger partial charge in [0.05, 0.1) is 0 Å². The molecule has 0 bridgehead atoms. The highest BCUT2D eigenvalue weighted by Gasteiger charge is 2.20. The molecule has 106 valence electrons. The largest absolute Gasteiger partial charge is 0.484 e. The normalized spacial score (nSPS) is 13.8. The smallest absolute Gasteiger partial charge is 0.139 e. The molecule has 0 amide bonds. The summed E-state index contributed by atoms with van der Waals surface area (Å²) in [6.07, 6.45) is 0.418. The topological polar surface area (TPSA) is 35.2 Å². The first-order chi connectivity index (χ1) is 9.60. The highest BCUT2D eigenvalue weighted by Crippen LogP contribution is 2.26. The van der Waals surface area contributed by atoms with Crippen LogP contribution in [0.25, 0.3) is 0 Å². The molecule has 0 saturated carbocycles. The summed E-state index contributed by atoms with van der Waals surface area (Å²) >= 11 is 5.89. The molecule has 20 heavy (non-hydrogen) atoms. The number of hydrogen-bond donors (Lipinski definition) is 1. The molecule has 0 aromatic heterocycles. The Morgan fingerprint density at radius 1 is 1.20 bits per heavy atom. The second kappa shape index (κ2) is 6.73. The van der Waals surface area contributed by atoms with Gasteiger partial charge in [-0.3, -0.25) is 0 Å². The lowest BCUT2D eigenvalue weighted by atomic mass is 10.0. The fraction of sp³-hybridized carbons (Fsp3) is 0.250. The Morgan fingerprint density at radius 3 is 2.50 bits per heavy atom. The molecule has 2 aromatic rings. The maximum Gasteiger partial charge on any atom is 0.139 e. The Kier molecular flexibility index (Phi) is 4.99. The van der Waals surface area contributed by atoms with Gasteiger partial charge < -0.3 is 10.5 Å². The van der Waals surface area contributed by atoms with Crippen molar-refractivity contribution in [2.45, 2.75) is 25.5 Å². The molecule has 0 radical (unpaired) electrons. The van der Waals surface area contributed by atoms with E-state index < -0.39 is 0 Å². The van der Waals surface area contributed by atoms with E-state index in [1.54, 1.807) is 24.3 Å². The van der Waals surface area contributed by atoms with E-state index in [4.69, 9.17) is 22.1 Å². The van der Waals surface area contributed by atoms with E-state index in [-0.39, 0.29) is 18.0 Å². The third-order valence-corrected chi connectivity index (χ3v) is 3.37. The van der Waals surface area contributed by atoms with E-state index >= 15 is 0 Å². The number of benzene rings is 2. The molecule has 2 rings (SSSR count). The van der Waals surface area contributed by atoms with Crippen molar-refractivity contribution >= 4 is 11.6 Å². The van der Waals surface area contributed by atoms with Gasteiger partial charge in [-0.2, -0.15) is 0 Å². The number of ether oxygens (including phenoxy) is 1. The summed E-state index contributed by atoms with van der Waals surface area (Å²) in [5.41, 5.74) is 7.05. The highest BCUT2D eigenvalue weighted by atomic mass is 35.5. The average Bonchev–Trinajstić information content (AvgIpc) is 2.45. The lowest BCUT2D eigenvalue weighted by Crippen LogP contribution is -2.31. The van der Waals surface area contributed by atoms with Gasteiger partial charge in [-0.05, 0) is 36.2 Å². The lowest BCUT2D eigenvalue weighted by Gasteiger charge is -2.25. The van der Waals surface area contributed by atoms with Gasteiger partial charge in [0, 0.05) is 17.1 Å². The second-order valence-corrected chi connectivity index (χ2v) is 5.06. The number of halogens is 2. The first-order valence-electron chi connectivity index (χ1n) is 6.53. The Labute approximate surface area is 123 Å². The van der Waals surface area contributed by atoms with Crippen LogP contribution in [0.3, 0.4) is 0 Å². The maximum absolute atomic E-state index is 13.2. The first-order valence-corrected chi connectivity index (χ1v) is 6.91. The van der Waals surface area contributed by atoms with Crippen LogP contribution in [0.2, 0.25) is 5.02 Å². The van der Waals surface area contributed by atoms with E-state index in [2.05, 4.69) is 0 Å². The molecule has 4 heteroatoms. The van der Waals surface area contributed by atoms with Crippen molar-refractivity contribution < 1.29 is 9.13 Å². The fourth-order valence-corrected chi connectivity index (χ4v) is 2.08. The maximum atomic E-state index is 13.2. The highest BCUT2D eigenvalue weighted by molar-refractivity contribution is 6.30. The zero-order valence-corrected chi connectivity index (χ0v) is 12.0. The number of hydrogen-bond acceptors (Lipinski definition) is 2. The lowest BCUT2D eigenvalue weighted by molar-refractivity contribution is 0.170. The zero-order valence-electron chi connectivity index (χ0n) is 11.2. The molecular weight excluding hydrogens is 277 g/mol. The molecule has 0 fully saturated rings. The van der Waals surface area contributed by atoms with Gasteiger partial charge >= 0.3 is 0 Å². The Morgan fingerprint density at radius 2 is 1.90 bits per heavy atom. The summed E-state index contributed by atoms with van der Waals surface area (Å²) in [7, 11) is 0. The van der Waals surface area contributed by atoms with Crippen LogP contribution in [0.15, 0.2) is 48.5 Å². The van der Waals surface area contributed by atoms with Crippen molar-refractivity contribution in [1.82, 2.24) is 0 Å². The first kappa shape index (κ1) is 14.8. The summed E-state index contributed by atoms with van der Waals surface area (Å²) in [4.78, 5) is 0. The van der Waals surface area contributed by atoms with Gasteiger partial charge in [-0.1, -0.05) is 36.7 Å². The molecule has 2 N–H and O–H groups in total. The SMILES string of the molecule is CCC(N)C(Oc1cccc(F)c1)c1ccc(Cl)cc1. The third kappa shape index (κ3) is 3.71. The third-order valence-electron chi connectivity index (χ3n) is 3.12. The predicted molar refractivity (Wildman–Crippen MR) is 79.5 cm³/mol. The zero-order chi connectivity index (χ0) is 14.5. The molecule has 2 unspecified atom stereocenters. The number of rotatable bonds is 5. The van der Waals surface area contributed by atoms with E-state index in [1.807, 2.05) is 19.1 Å². The van der Waals surface area contributed by atoms with Crippen LogP contribution < -0.4 is 10.5 Å². The summed E-state index contributed by atoms with van der Waals surface area (Å²) < 4.78 is 19.1. The average molecular weight is 294 g/mol. The van der Waals surface area contributed by atoms with E-state index in [9.17, 15) is 4.39 Å². The van der Waals surface area contributed by atoms with Gasteiger partial charge in [0.15, 0.2) is 0 Å². The summed E-state index contributed by atoms with van der Waals surface area (Å²) in [5, 5.41) is 0.656. The molecule has 0 spiro atoms. The quantitative estimate of drug-likeness (QED) is 0.890.